The maximum absolute atomic E-state index is 13.2. The summed E-state index contributed by atoms with van der Waals surface area (Å²) in [6, 6.07) is 1.06. The molecule has 0 aliphatic rings. The van der Waals surface area contributed by atoms with Crippen LogP contribution in [0.15, 0.2) is 23.1 Å². The fourth-order valence-corrected chi connectivity index (χ4v) is 3.22. The second-order valence-corrected chi connectivity index (χ2v) is 6.50. The zero-order valence-electron chi connectivity index (χ0n) is 12.2. The van der Waals surface area contributed by atoms with E-state index in [0.29, 0.717) is 6.07 Å². The van der Waals surface area contributed by atoms with Gasteiger partial charge in [0.05, 0.1) is 17.6 Å². The van der Waals surface area contributed by atoms with E-state index < -0.39 is 50.2 Å². The predicted molar refractivity (Wildman–Crippen MR) is 74.3 cm³/mol. The zero-order chi connectivity index (χ0) is 17.1. The van der Waals surface area contributed by atoms with Crippen LogP contribution in [-0.2, 0) is 19.6 Å². The van der Waals surface area contributed by atoms with Crippen molar-refractivity contribution in [1.82, 2.24) is 4.72 Å². The number of carbonyl (C=O) groups is 2. The second kappa shape index (κ2) is 6.84. The monoisotopic (exact) mass is 333 g/mol. The lowest BCUT2D eigenvalue weighted by Crippen LogP contribution is -2.44. The summed E-state index contributed by atoms with van der Waals surface area (Å²) in [5, 5.41) is 9.04. The van der Waals surface area contributed by atoms with Crippen molar-refractivity contribution in [1.29, 1.82) is 0 Å². The molecule has 9 heteroatoms. The topological polar surface area (TPSA) is 110 Å². The number of nitrogens with one attached hydrogen (secondary N) is 1. The number of halogens is 1. The minimum atomic E-state index is -4.35. The van der Waals surface area contributed by atoms with E-state index in [1.54, 1.807) is 0 Å². The molecule has 1 rings (SSSR count). The van der Waals surface area contributed by atoms with Crippen LogP contribution in [0.2, 0.25) is 0 Å². The summed E-state index contributed by atoms with van der Waals surface area (Å²) in [5.41, 5.74) is -0.511. The Morgan fingerprint density at radius 3 is 2.36 bits per heavy atom. The Hall–Kier alpha value is -2.00. The number of methoxy groups -OCH3 is 1. The number of aliphatic carboxylic acids is 1. The third-order valence-corrected chi connectivity index (χ3v) is 4.35. The average molecular weight is 333 g/mol. The van der Waals surface area contributed by atoms with Crippen LogP contribution in [-0.4, -0.2) is 38.6 Å². The first-order valence-electron chi connectivity index (χ1n) is 6.23. The molecule has 2 N–H and O–H groups in total. The Morgan fingerprint density at radius 2 is 1.91 bits per heavy atom. The highest BCUT2D eigenvalue weighted by atomic mass is 32.2. The van der Waals surface area contributed by atoms with Gasteiger partial charge >= 0.3 is 11.9 Å². The fourth-order valence-electron chi connectivity index (χ4n) is 1.71. The number of carboxylic acid groups (broad SMARTS) is 1. The maximum atomic E-state index is 13.2. The molecule has 0 unspecified atom stereocenters. The molecule has 1 aromatic carbocycles. The third kappa shape index (κ3) is 4.01. The largest absolute Gasteiger partial charge is 0.480 e. The number of ether oxygens (including phenoxy) is 1. The van der Waals surface area contributed by atoms with Gasteiger partial charge in [0.1, 0.15) is 11.9 Å². The van der Waals surface area contributed by atoms with Crippen molar-refractivity contribution in [3.8, 4) is 0 Å². The molecule has 0 aromatic heterocycles. The standard InChI is InChI=1S/C13H16FNO6S/c1-7(2)11(12(16)17)15-22(19,20)10-5-4-8(14)6-9(10)13(18)21-3/h4-7,11,15H,1-3H3,(H,16,17)/t11-/m0/s1. The molecule has 0 saturated heterocycles. The summed E-state index contributed by atoms with van der Waals surface area (Å²) in [6.45, 7) is 3.04. The van der Waals surface area contributed by atoms with Gasteiger partial charge in [0.15, 0.2) is 0 Å². The lowest BCUT2D eigenvalue weighted by atomic mass is 10.1. The van der Waals surface area contributed by atoms with Gasteiger partial charge in [0.2, 0.25) is 10.0 Å². The van der Waals surface area contributed by atoms with E-state index >= 15 is 0 Å². The molecule has 1 atom stereocenters. The molecule has 0 aliphatic heterocycles. The number of rotatable bonds is 6. The summed E-state index contributed by atoms with van der Waals surface area (Å²) in [4.78, 5) is 22.1. The average Bonchev–Trinajstić information content (AvgIpc) is 2.42. The number of carbonyl (C=O) groups excluding carboxylic acids is 1. The van der Waals surface area contributed by atoms with E-state index in [9.17, 15) is 22.4 Å². The van der Waals surface area contributed by atoms with Crippen LogP contribution in [0.3, 0.4) is 0 Å². The molecule has 22 heavy (non-hydrogen) atoms. The van der Waals surface area contributed by atoms with Crippen molar-refractivity contribution in [2.24, 2.45) is 5.92 Å². The van der Waals surface area contributed by atoms with Crippen LogP contribution in [0.4, 0.5) is 4.39 Å². The molecule has 0 amide bonds. The summed E-state index contributed by atoms with van der Waals surface area (Å²) < 4.78 is 44.2. The molecule has 1 aromatic rings. The highest BCUT2D eigenvalue weighted by Gasteiger charge is 2.31. The third-order valence-electron chi connectivity index (χ3n) is 2.85. The van der Waals surface area contributed by atoms with Crippen molar-refractivity contribution >= 4 is 22.0 Å². The Morgan fingerprint density at radius 1 is 1.32 bits per heavy atom. The molecule has 0 heterocycles. The van der Waals surface area contributed by atoms with Gasteiger partial charge in [-0.25, -0.2) is 17.6 Å². The Balaban J connectivity index is 3.34. The van der Waals surface area contributed by atoms with E-state index in [0.717, 1.165) is 19.2 Å². The minimum absolute atomic E-state index is 0.511. The van der Waals surface area contributed by atoms with Crippen molar-refractivity contribution in [2.75, 3.05) is 7.11 Å². The number of hydrogen-bond donors (Lipinski definition) is 2. The SMILES string of the molecule is COC(=O)c1cc(F)ccc1S(=O)(=O)N[C@H](C(=O)O)C(C)C. The normalized spacial score (nSPS) is 13.0. The van der Waals surface area contributed by atoms with E-state index in [1.165, 1.54) is 13.8 Å². The van der Waals surface area contributed by atoms with Crippen LogP contribution in [0.25, 0.3) is 0 Å². The molecular formula is C13H16FNO6S. The van der Waals surface area contributed by atoms with Crippen molar-refractivity contribution in [3.63, 3.8) is 0 Å². The predicted octanol–water partition coefficient (Wildman–Crippen LogP) is 1.000. The summed E-state index contributed by atoms with van der Waals surface area (Å²) in [5.74, 6) is -3.76. The molecule has 7 nitrogen and oxygen atoms in total. The molecule has 0 radical (unpaired) electrons. The molecule has 0 aliphatic carbocycles. The number of carboxylic acids is 1. The van der Waals surface area contributed by atoms with Crippen LogP contribution in [0.1, 0.15) is 24.2 Å². The van der Waals surface area contributed by atoms with E-state index in [4.69, 9.17) is 5.11 Å². The van der Waals surface area contributed by atoms with E-state index in [-0.39, 0.29) is 0 Å². The molecule has 0 saturated carbocycles. The van der Waals surface area contributed by atoms with Crippen molar-refractivity contribution < 1.29 is 32.2 Å². The van der Waals surface area contributed by atoms with Gasteiger partial charge in [0, 0.05) is 0 Å². The summed E-state index contributed by atoms with van der Waals surface area (Å²) in [7, 11) is -3.33. The zero-order valence-corrected chi connectivity index (χ0v) is 13.0. The lowest BCUT2D eigenvalue weighted by molar-refractivity contribution is -0.140. The van der Waals surface area contributed by atoms with Gasteiger partial charge < -0.3 is 9.84 Å². The van der Waals surface area contributed by atoms with Crippen LogP contribution < -0.4 is 4.72 Å². The minimum Gasteiger partial charge on any atom is -0.480 e. The number of benzene rings is 1. The van der Waals surface area contributed by atoms with Gasteiger partial charge in [-0.15, -0.1) is 0 Å². The Bertz CT molecular complexity index is 686. The fraction of sp³-hybridized carbons (Fsp3) is 0.385. The van der Waals surface area contributed by atoms with Crippen molar-refractivity contribution in [2.45, 2.75) is 24.8 Å². The quantitative estimate of drug-likeness (QED) is 0.752. The summed E-state index contributed by atoms with van der Waals surface area (Å²) in [6.07, 6.45) is 0. The van der Waals surface area contributed by atoms with Gasteiger partial charge in [-0.2, -0.15) is 4.72 Å². The smallest absolute Gasteiger partial charge is 0.339 e. The van der Waals surface area contributed by atoms with E-state index in [2.05, 4.69) is 4.74 Å². The Labute approximate surface area is 127 Å². The molecule has 0 bridgehead atoms. The summed E-state index contributed by atoms with van der Waals surface area (Å²) >= 11 is 0. The van der Waals surface area contributed by atoms with Crippen LogP contribution in [0.5, 0.6) is 0 Å². The second-order valence-electron chi connectivity index (χ2n) is 4.81. The number of sulfonamides is 1. The first-order chi connectivity index (χ1) is 10.1. The highest BCUT2D eigenvalue weighted by Crippen LogP contribution is 2.19. The maximum Gasteiger partial charge on any atom is 0.339 e. The van der Waals surface area contributed by atoms with Gasteiger partial charge in [-0.3, -0.25) is 4.79 Å². The number of hydrogen-bond acceptors (Lipinski definition) is 5. The Kier molecular flexibility index (Phi) is 5.61. The molecule has 0 spiro atoms. The van der Waals surface area contributed by atoms with Crippen LogP contribution >= 0.6 is 0 Å². The molecular weight excluding hydrogens is 317 g/mol. The first-order valence-corrected chi connectivity index (χ1v) is 7.71. The van der Waals surface area contributed by atoms with E-state index in [1.807, 2.05) is 4.72 Å². The van der Waals surface area contributed by atoms with Gasteiger partial charge in [-0.1, -0.05) is 13.8 Å². The first kappa shape index (κ1) is 18.1. The van der Waals surface area contributed by atoms with Gasteiger partial charge in [-0.05, 0) is 24.1 Å². The highest BCUT2D eigenvalue weighted by molar-refractivity contribution is 7.89. The van der Waals surface area contributed by atoms with Crippen LogP contribution in [0, 0.1) is 11.7 Å². The lowest BCUT2D eigenvalue weighted by Gasteiger charge is -2.18. The molecule has 122 valence electrons. The van der Waals surface area contributed by atoms with Gasteiger partial charge in [0.25, 0.3) is 0 Å². The van der Waals surface area contributed by atoms with Crippen molar-refractivity contribution in [3.05, 3.63) is 29.6 Å². The number of esters is 1. The molecule has 0 fully saturated rings.